The summed E-state index contributed by atoms with van der Waals surface area (Å²) in [5, 5.41) is 4.55. The Kier molecular flexibility index (Phi) is 12.4. The molecule has 3 aromatic heterocycles. The standard InChI is InChI=1S/C35H44F3N7O7/c1-33(2,3)51-31(47)41-24(50-25-14-9-10-19-49-25)18-16-22-13-11-12-21(40-22)15-17-23-27-26(39-20-44(27)7)29(45(8)32(48)52-34(4,5)6)42-28(23)43-30(46)35(36,37)38/h11-13,20,24-25H,9-10,14,16,18-19H2,1-8H3,(H,41,47)(H,42,43,46)/t24-,25?/m0/s1. The van der Waals surface area contributed by atoms with E-state index in [0.717, 1.165) is 17.7 Å². The number of hydrogen-bond acceptors (Lipinski definition) is 10. The minimum Gasteiger partial charge on any atom is -0.444 e. The summed E-state index contributed by atoms with van der Waals surface area (Å²) in [7, 11) is 2.90. The van der Waals surface area contributed by atoms with Gasteiger partial charge in [0.25, 0.3) is 0 Å². The van der Waals surface area contributed by atoms with Gasteiger partial charge in [-0.15, -0.1) is 0 Å². The molecule has 1 unspecified atom stereocenters. The smallest absolute Gasteiger partial charge is 0.444 e. The fraction of sp³-hybridized carbons (Fsp3) is 0.543. The molecule has 0 aliphatic carbocycles. The van der Waals surface area contributed by atoms with E-state index in [0.29, 0.717) is 31.6 Å². The zero-order valence-corrected chi connectivity index (χ0v) is 30.4. The highest BCUT2D eigenvalue weighted by atomic mass is 19.4. The summed E-state index contributed by atoms with van der Waals surface area (Å²) >= 11 is 0. The lowest BCUT2D eigenvalue weighted by molar-refractivity contribution is -0.194. The number of nitrogens with one attached hydrogen (secondary N) is 2. The molecule has 52 heavy (non-hydrogen) atoms. The van der Waals surface area contributed by atoms with Crippen molar-refractivity contribution >= 4 is 40.8 Å². The number of nitrogens with zero attached hydrogens (tertiary/aromatic N) is 5. The van der Waals surface area contributed by atoms with Gasteiger partial charge in [0.05, 0.1) is 17.4 Å². The summed E-state index contributed by atoms with van der Waals surface area (Å²) < 4.78 is 64.4. The Bertz CT molecular complexity index is 1830. The summed E-state index contributed by atoms with van der Waals surface area (Å²) in [5.74, 6) is 2.67. The Hall–Kier alpha value is -4.95. The van der Waals surface area contributed by atoms with Crippen LogP contribution in [0.5, 0.6) is 0 Å². The Morgan fingerprint density at radius 1 is 1.06 bits per heavy atom. The minimum absolute atomic E-state index is 0.0938. The summed E-state index contributed by atoms with van der Waals surface area (Å²) in [4.78, 5) is 51.7. The number of alkyl halides is 3. The van der Waals surface area contributed by atoms with Gasteiger partial charge in [-0.25, -0.2) is 24.5 Å². The van der Waals surface area contributed by atoms with Gasteiger partial charge in [0, 0.05) is 26.4 Å². The number of ether oxygens (including phenoxy) is 4. The summed E-state index contributed by atoms with van der Waals surface area (Å²) in [6.45, 7) is 10.8. The van der Waals surface area contributed by atoms with Crippen LogP contribution in [-0.2, 0) is 37.2 Å². The maximum Gasteiger partial charge on any atom is 0.471 e. The van der Waals surface area contributed by atoms with Gasteiger partial charge in [0.2, 0.25) is 0 Å². The van der Waals surface area contributed by atoms with Crippen molar-refractivity contribution in [3.05, 3.63) is 41.5 Å². The first-order valence-corrected chi connectivity index (χ1v) is 16.6. The van der Waals surface area contributed by atoms with Crippen LogP contribution in [0.4, 0.5) is 34.4 Å². The van der Waals surface area contributed by atoms with Crippen molar-refractivity contribution in [2.45, 2.75) is 104 Å². The highest BCUT2D eigenvalue weighted by Crippen LogP contribution is 2.32. The molecule has 3 amide bonds. The van der Waals surface area contributed by atoms with Crippen LogP contribution in [0.15, 0.2) is 24.5 Å². The third kappa shape index (κ3) is 11.3. The van der Waals surface area contributed by atoms with Gasteiger partial charge in [-0.05, 0) is 91.7 Å². The quantitative estimate of drug-likeness (QED) is 0.209. The second-order valence-electron chi connectivity index (χ2n) is 14.1. The third-order valence-electron chi connectivity index (χ3n) is 7.23. The molecule has 0 radical (unpaired) electrons. The van der Waals surface area contributed by atoms with E-state index in [9.17, 15) is 27.6 Å². The average Bonchev–Trinajstić information content (AvgIpc) is 3.42. The van der Waals surface area contributed by atoms with Gasteiger partial charge in [0.15, 0.2) is 17.9 Å². The van der Waals surface area contributed by atoms with Crippen LogP contribution in [0.1, 0.15) is 84.2 Å². The highest BCUT2D eigenvalue weighted by molar-refractivity contribution is 6.03. The van der Waals surface area contributed by atoms with E-state index >= 15 is 0 Å². The van der Waals surface area contributed by atoms with Crippen LogP contribution in [-0.4, -0.2) is 81.2 Å². The highest BCUT2D eigenvalue weighted by Gasteiger charge is 2.40. The lowest BCUT2D eigenvalue weighted by Gasteiger charge is -2.29. The van der Waals surface area contributed by atoms with Crippen LogP contribution in [0.3, 0.4) is 0 Å². The van der Waals surface area contributed by atoms with Gasteiger partial charge in [-0.3, -0.25) is 15.0 Å². The molecule has 0 bridgehead atoms. The number of pyridine rings is 2. The maximum atomic E-state index is 13.4. The number of fused-ring (bicyclic) bond motifs is 1. The minimum atomic E-state index is -5.25. The number of hydrogen-bond donors (Lipinski definition) is 2. The first-order valence-electron chi connectivity index (χ1n) is 16.6. The van der Waals surface area contributed by atoms with E-state index in [1.54, 1.807) is 72.1 Å². The molecule has 1 saturated heterocycles. The van der Waals surface area contributed by atoms with E-state index in [-0.39, 0.29) is 28.1 Å². The number of rotatable bonds is 8. The van der Waals surface area contributed by atoms with E-state index in [4.69, 9.17) is 18.9 Å². The Morgan fingerprint density at radius 3 is 2.40 bits per heavy atom. The number of halogens is 3. The molecule has 0 spiro atoms. The van der Waals surface area contributed by atoms with Crippen molar-refractivity contribution < 1.29 is 46.5 Å². The van der Waals surface area contributed by atoms with Crippen molar-refractivity contribution in [2.75, 3.05) is 23.9 Å². The van der Waals surface area contributed by atoms with Crippen LogP contribution >= 0.6 is 0 Å². The van der Waals surface area contributed by atoms with Crippen LogP contribution in [0, 0.1) is 11.8 Å². The predicted octanol–water partition coefficient (Wildman–Crippen LogP) is 5.96. The number of imidazole rings is 1. The van der Waals surface area contributed by atoms with Gasteiger partial charge in [-0.1, -0.05) is 12.0 Å². The van der Waals surface area contributed by atoms with E-state index in [2.05, 4.69) is 32.1 Å². The molecule has 4 heterocycles. The molecule has 17 heteroatoms. The molecule has 1 aliphatic heterocycles. The van der Waals surface area contributed by atoms with Gasteiger partial charge in [-0.2, -0.15) is 13.2 Å². The zero-order valence-electron chi connectivity index (χ0n) is 30.4. The molecule has 4 rings (SSSR count). The molecule has 282 valence electrons. The molecule has 1 fully saturated rings. The van der Waals surface area contributed by atoms with Crippen molar-refractivity contribution in [3.63, 3.8) is 0 Å². The Morgan fingerprint density at radius 2 is 1.77 bits per heavy atom. The number of carbonyl (C=O) groups is 3. The number of carbonyl (C=O) groups excluding carboxylic acids is 3. The van der Waals surface area contributed by atoms with Crippen molar-refractivity contribution in [1.82, 2.24) is 24.8 Å². The summed E-state index contributed by atoms with van der Waals surface area (Å²) in [5.41, 5.74) is -0.545. The SMILES string of the molecule is CN(C(=O)OC(C)(C)C)c1nc(NC(=O)C(F)(F)F)c(C#Cc2cccc(CC[C@@H](NC(=O)OC(C)(C)C)OC3CCCCO3)n2)c2c1ncn2C. The third-order valence-corrected chi connectivity index (χ3v) is 7.23. The molecule has 1 aliphatic rings. The maximum absolute atomic E-state index is 13.4. The van der Waals surface area contributed by atoms with Crippen molar-refractivity contribution in [2.24, 2.45) is 7.05 Å². The second kappa shape index (κ2) is 16.2. The lowest BCUT2D eigenvalue weighted by Crippen LogP contribution is -2.43. The molecule has 2 atom stereocenters. The van der Waals surface area contributed by atoms with E-state index in [1.165, 1.54) is 17.9 Å². The molecule has 0 aromatic carbocycles. The molecule has 2 N–H and O–H groups in total. The van der Waals surface area contributed by atoms with E-state index in [1.807, 2.05) is 0 Å². The van der Waals surface area contributed by atoms with Crippen LogP contribution in [0.2, 0.25) is 0 Å². The summed E-state index contributed by atoms with van der Waals surface area (Å²) in [6.07, 6.45) is -3.42. The topological polar surface area (TPSA) is 159 Å². The number of alkyl carbamates (subject to hydrolysis) is 1. The molecular formula is C35H44F3N7O7. The van der Waals surface area contributed by atoms with Crippen LogP contribution in [0.25, 0.3) is 11.0 Å². The number of amides is 3. The lowest BCUT2D eigenvalue weighted by atomic mass is 10.1. The Balaban J connectivity index is 1.66. The number of anilines is 2. The fourth-order valence-corrected chi connectivity index (χ4v) is 4.96. The Labute approximate surface area is 299 Å². The van der Waals surface area contributed by atoms with Gasteiger partial charge < -0.3 is 28.8 Å². The van der Waals surface area contributed by atoms with Gasteiger partial charge >= 0.3 is 24.3 Å². The molecule has 0 saturated carbocycles. The average molecular weight is 732 g/mol. The fourth-order valence-electron chi connectivity index (χ4n) is 4.96. The monoisotopic (exact) mass is 731 g/mol. The predicted molar refractivity (Wildman–Crippen MR) is 184 cm³/mol. The van der Waals surface area contributed by atoms with E-state index < -0.39 is 53.8 Å². The first kappa shape index (κ1) is 39.8. The molecule has 14 nitrogen and oxygen atoms in total. The number of aryl methyl sites for hydroxylation is 2. The molecule has 3 aromatic rings. The largest absolute Gasteiger partial charge is 0.471 e. The first-order chi connectivity index (χ1) is 24.2. The number of aromatic nitrogens is 4. The summed E-state index contributed by atoms with van der Waals surface area (Å²) in [6, 6.07) is 5.06. The zero-order chi connectivity index (χ0) is 38.4. The van der Waals surface area contributed by atoms with Crippen molar-refractivity contribution in [3.8, 4) is 11.8 Å². The van der Waals surface area contributed by atoms with Crippen LogP contribution < -0.4 is 15.5 Å². The second-order valence-corrected chi connectivity index (χ2v) is 14.1. The molecular weight excluding hydrogens is 687 g/mol. The van der Waals surface area contributed by atoms with Gasteiger partial charge in [0.1, 0.15) is 28.6 Å². The van der Waals surface area contributed by atoms with Crippen molar-refractivity contribution in [1.29, 1.82) is 0 Å². The normalized spacial score (nSPS) is 15.6.